The van der Waals surface area contributed by atoms with Gasteiger partial charge in [0, 0.05) is 10.6 Å². The van der Waals surface area contributed by atoms with E-state index in [0.29, 0.717) is 22.8 Å². The van der Waals surface area contributed by atoms with Crippen molar-refractivity contribution in [2.45, 2.75) is 18.6 Å². The predicted molar refractivity (Wildman–Crippen MR) is 62.6 cm³/mol. The molecular formula is C10H13ClO3S. The first-order valence-corrected chi connectivity index (χ1v) is 5.52. The lowest BCUT2D eigenvalue weighted by Crippen LogP contribution is -2.18. The molecule has 0 bridgehead atoms. The minimum atomic E-state index is -1.10. The van der Waals surface area contributed by atoms with Crippen molar-refractivity contribution in [1.29, 1.82) is 0 Å². The minimum Gasteiger partial charge on any atom is -0.508 e. The van der Waals surface area contributed by atoms with Crippen LogP contribution in [-0.2, 0) is 0 Å². The van der Waals surface area contributed by atoms with Gasteiger partial charge in [0.25, 0.3) is 0 Å². The predicted octanol–water partition coefficient (Wildman–Crippen LogP) is 1.76. The summed E-state index contributed by atoms with van der Waals surface area (Å²) in [6, 6.07) is 4.24. The number of phenolic OH excluding ortho intramolecular Hbond substituents is 1. The van der Waals surface area contributed by atoms with E-state index >= 15 is 0 Å². The summed E-state index contributed by atoms with van der Waals surface area (Å²) in [6.07, 6.45) is -1.67. The van der Waals surface area contributed by atoms with Crippen molar-refractivity contribution >= 4 is 24.2 Å². The summed E-state index contributed by atoms with van der Waals surface area (Å²) in [4.78, 5) is 0. The van der Waals surface area contributed by atoms with Crippen LogP contribution in [0.2, 0.25) is 5.02 Å². The van der Waals surface area contributed by atoms with E-state index in [9.17, 15) is 15.3 Å². The van der Waals surface area contributed by atoms with Crippen molar-refractivity contribution < 1.29 is 15.3 Å². The third kappa shape index (κ3) is 3.28. The second-order valence-corrected chi connectivity index (χ2v) is 4.08. The maximum Gasteiger partial charge on any atom is 0.116 e. The topological polar surface area (TPSA) is 60.7 Å². The lowest BCUT2D eigenvalue weighted by Gasteiger charge is -2.18. The molecule has 1 aromatic rings. The average molecular weight is 249 g/mol. The molecular weight excluding hydrogens is 236 g/mol. The highest BCUT2D eigenvalue weighted by Crippen LogP contribution is 2.29. The number of hydrogen-bond acceptors (Lipinski definition) is 4. The van der Waals surface area contributed by atoms with Crippen LogP contribution < -0.4 is 0 Å². The van der Waals surface area contributed by atoms with Gasteiger partial charge in [0.2, 0.25) is 0 Å². The van der Waals surface area contributed by atoms with E-state index in [1.54, 1.807) is 0 Å². The summed E-state index contributed by atoms with van der Waals surface area (Å²) in [5.41, 5.74) is 0.325. The highest BCUT2D eigenvalue weighted by Gasteiger charge is 2.20. The monoisotopic (exact) mass is 248 g/mol. The number of aromatic hydroxyl groups is 1. The summed E-state index contributed by atoms with van der Waals surface area (Å²) < 4.78 is 0. The van der Waals surface area contributed by atoms with Gasteiger partial charge in [0.05, 0.1) is 6.10 Å². The largest absolute Gasteiger partial charge is 0.508 e. The molecule has 2 unspecified atom stereocenters. The molecule has 0 spiro atoms. The van der Waals surface area contributed by atoms with Gasteiger partial charge in [0.15, 0.2) is 0 Å². The number of aliphatic hydroxyl groups is 2. The summed E-state index contributed by atoms with van der Waals surface area (Å²) in [6.45, 7) is 0. The van der Waals surface area contributed by atoms with Crippen molar-refractivity contribution in [3.05, 3.63) is 28.8 Å². The van der Waals surface area contributed by atoms with Crippen molar-refractivity contribution in [2.24, 2.45) is 0 Å². The highest BCUT2D eigenvalue weighted by atomic mass is 35.5. The number of benzene rings is 1. The Morgan fingerprint density at radius 2 is 2.00 bits per heavy atom. The van der Waals surface area contributed by atoms with Crippen molar-refractivity contribution in [3.8, 4) is 5.75 Å². The molecule has 0 aliphatic carbocycles. The molecule has 1 aromatic carbocycles. The Bertz CT molecular complexity index is 332. The number of rotatable bonds is 4. The first kappa shape index (κ1) is 12.6. The van der Waals surface area contributed by atoms with E-state index < -0.39 is 12.2 Å². The molecule has 0 saturated carbocycles. The second-order valence-electron chi connectivity index (χ2n) is 3.23. The SMILES string of the molecule is Oc1ccc(Cl)c(C(O)C(O)CCS)c1. The number of thiol groups is 1. The molecule has 0 radical (unpaired) electrons. The van der Waals surface area contributed by atoms with Crippen LogP contribution in [0, 0.1) is 0 Å². The van der Waals surface area contributed by atoms with Crippen molar-refractivity contribution in [2.75, 3.05) is 5.75 Å². The molecule has 84 valence electrons. The standard InChI is InChI=1S/C10H13ClO3S/c11-8-2-1-6(12)5-7(8)10(14)9(13)3-4-15/h1-2,5,9-10,12-15H,3-4H2. The molecule has 0 aliphatic heterocycles. The third-order valence-electron chi connectivity index (χ3n) is 2.09. The Morgan fingerprint density at radius 3 is 2.60 bits per heavy atom. The Morgan fingerprint density at radius 1 is 1.33 bits per heavy atom. The van der Waals surface area contributed by atoms with Gasteiger partial charge in [-0.2, -0.15) is 12.6 Å². The van der Waals surface area contributed by atoms with Crippen LogP contribution in [0.5, 0.6) is 5.75 Å². The molecule has 3 nitrogen and oxygen atoms in total. The van der Waals surface area contributed by atoms with Crippen LogP contribution in [0.25, 0.3) is 0 Å². The zero-order valence-electron chi connectivity index (χ0n) is 7.97. The van der Waals surface area contributed by atoms with E-state index in [0.717, 1.165) is 0 Å². The van der Waals surface area contributed by atoms with Gasteiger partial charge in [0.1, 0.15) is 11.9 Å². The normalized spacial score (nSPS) is 14.9. The molecule has 0 fully saturated rings. The highest BCUT2D eigenvalue weighted by molar-refractivity contribution is 7.80. The maximum atomic E-state index is 9.75. The lowest BCUT2D eigenvalue weighted by molar-refractivity contribution is 0.0172. The van der Waals surface area contributed by atoms with E-state index in [4.69, 9.17) is 11.6 Å². The average Bonchev–Trinajstić information content (AvgIpc) is 2.21. The van der Waals surface area contributed by atoms with Crippen LogP contribution in [0.3, 0.4) is 0 Å². The summed E-state index contributed by atoms with van der Waals surface area (Å²) in [5, 5.41) is 28.8. The molecule has 3 N–H and O–H groups in total. The molecule has 15 heavy (non-hydrogen) atoms. The molecule has 2 atom stereocenters. The Hall–Kier alpha value is -0.420. The van der Waals surface area contributed by atoms with E-state index in [2.05, 4.69) is 12.6 Å². The minimum absolute atomic E-state index is 0.00604. The Balaban J connectivity index is 2.89. The van der Waals surface area contributed by atoms with E-state index in [1.165, 1.54) is 18.2 Å². The summed E-state index contributed by atoms with van der Waals surface area (Å²) in [5.74, 6) is 0.473. The van der Waals surface area contributed by atoms with Gasteiger partial charge in [-0.25, -0.2) is 0 Å². The maximum absolute atomic E-state index is 9.75. The second kappa shape index (κ2) is 5.61. The van der Waals surface area contributed by atoms with Gasteiger partial charge < -0.3 is 15.3 Å². The lowest BCUT2D eigenvalue weighted by atomic mass is 10.0. The van der Waals surface area contributed by atoms with E-state index in [1.807, 2.05) is 0 Å². The fourth-order valence-corrected chi connectivity index (χ4v) is 1.75. The van der Waals surface area contributed by atoms with Crippen LogP contribution >= 0.6 is 24.2 Å². The van der Waals surface area contributed by atoms with Crippen LogP contribution in [0.4, 0.5) is 0 Å². The van der Waals surface area contributed by atoms with E-state index in [-0.39, 0.29) is 5.75 Å². The van der Waals surface area contributed by atoms with Crippen molar-refractivity contribution in [1.82, 2.24) is 0 Å². The molecule has 1 rings (SSSR count). The zero-order valence-corrected chi connectivity index (χ0v) is 9.62. The third-order valence-corrected chi connectivity index (χ3v) is 2.69. The summed E-state index contributed by atoms with van der Waals surface area (Å²) in [7, 11) is 0. The van der Waals surface area contributed by atoms with Crippen molar-refractivity contribution in [3.63, 3.8) is 0 Å². The smallest absolute Gasteiger partial charge is 0.116 e. The van der Waals surface area contributed by atoms with Gasteiger partial charge in [-0.3, -0.25) is 0 Å². The number of phenols is 1. The molecule has 0 aromatic heterocycles. The first-order valence-electron chi connectivity index (χ1n) is 4.51. The zero-order chi connectivity index (χ0) is 11.4. The van der Waals surface area contributed by atoms with Gasteiger partial charge in [-0.05, 0) is 30.4 Å². The first-order chi connectivity index (χ1) is 7.06. The number of hydrogen-bond donors (Lipinski definition) is 4. The molecule has 0 heterocycles. The van der Waals surface area contributed by atoms with Crippen LogP contribution in [-0.4, -0.2) is 27.2 Å². The number of aliphatic hydroxyl groups excluding tert-OH is 2. The van der Waals surface area contributed by atoms with Gasteiger partial charge >= 0.3 is 0 Å². The molecule has 0 saturated heterocycles. The quantitative estimate of drug-likeness (QED) is 0.614. The molecule has 5 heteroatoms. The number of halogens is 1. The Labute approximate surface area is 98.7 Å². The summed E-state index contributed by atoms with van der Waals surface area (Å²) >= 11 is 9.79. The fraction of sp³-hybridized carbons (Fsp3) is 0.400. The molecule has 0 aliphatic rings. The fourth-order valence-electron chi connectivity index (χ4n) is 1.26. The Kier molecular flexibility index (Phi) is 4.73. The van der Waals surface area contributed by atoms with Gasteiger partial charge in [-0.1, -0.05) is 11.6 Å². The molecule has 0 amide bonds. The van der Waals surface area contributed by atoms with Crippen LogP contribution in [0.15, 0.2) is 18.2 Å². The van der Waals surface area contributed by atoms with Crippen LogP contribution in [0.1, 0.15) is 18.1 Å². The van der Waals surface area contributed by atoms with Gasteiger partial charge in [-0.15, -0.1) is 0 Å².